The van der Waals surface area contributed by atoms with E-state index in [1.165, 1.54) is 24.8 Å². The number of hydrogen-bond donors (Lipinski definition) is 1. The van der Waals surface area contributed by atoms with Gasteiger partial charge >= 0.3 is 0 Å². The van der Waals surface area contributed by atoms with E-state index in [0.717, 1.165) is 30.6 Å². The van der Waals surface area contributed by atoms with Gasteiger partial charge in [0.1, 0.15) is 17.1 Å². The summed E-state index contributed by atoms with van der Waals surface area (Å²) in [6, 6.07) is 4.10. The SMILES string of the molecule is CCCCCc1cc(O)c2c(c1)OC(C)(C)C1CC=[C]CC21. The Morgan fingerprint density at radius 1 is 1.32 bits per heavy atom. The normalized spacial score (nSPS) is 25.2. The van der Waals surface area contributed by atoms with Crippen LogP contribution in [0.1, 0.15) is 69.9 Å². The van der Waals surface area contributed by atoms with E-state index in [2.05, 4.69) is 39.0 Å². The van der Waals surface area contributed by atoms with Gasteiger partial charge in [0.25, 0.3) is 0 Å². The molecule has 22 heavy (non-hydrogen) atoms. The Balaban J connectivity index is 1.95. The van der Waals surface area contributed by atoms with Crippen LogP contribution in [-0.4, -0.2) is 10.7 Å². The molecule has 2 atom stereocenters. The molecule has 0 saturated heterocycles. The zero-order chi connectivity index (χ0) is 15.7. The van der Waals surface area contributed by atoms with Crippen molar-refractivity contribution in [3.8, 4) is 11.5 Å². The number of benzene rings is 1. The summed E-state index contributed by atoms with van der Waals surface area (Å²) in [7, 11) is 0. The molecule has 1 aromatic carbocycles. The summed E-state index contributed by atoms with van der Waals surface area (Å²) in [5.41, 5.74) is 2.00. The zero-order valence-electron chi connectivity index (χ0n) is 14.0. The van der Waals surface area contributed by atoms with Gasteiger partial charge in [0, 0.05) is 17.4 Å². The Morgan fingerprint density at radius 3 is 2.91 bits per heavy atom. The molecule has 1 heterocycles. The number of unbranched alkanes of at least 4 members (excludes halogenated alkanes) is 2. The smallest absolute Gasteiger partial charge is 0.127 e. The van der Waals surface area contributed by atoms with Crippen molar-refractivity contribution < 1.29 is 9.84 Å². The highest BCUT2D eigenvalue weighted by atomic mass is 16.5. The first kappa shape index (κ1) is 15.5. The second-order valence-corrected chi connectivity index (χ2v) is 7.25. The van der Waals surface area contributed by atoms with Crippen LogP contribution in [0, 0.1) is 12.0 Å². The number of phenolic OH excluding ortho intramolecular Hbond substituents is 1. The topological polar surface area (TPSA) is 29.5 Å². The van der Waals surface area contributed by atoms with E-state index in [9.17, 15) is 5.11 Å². The number of hydrogen-bond acceptors (Lipinski definition) is 2. The molecule has 0 bridgehead atoms. The fourth-order valence-electron chi connectivity index (χ4n) is 4.01. The summed E-state index contributed by atoms with van der Waals surface area (Å²) in [4.78, 5) is 0. The summed E-state index contributed by atoms with van der Waals surface area (Å²) in [5, 5.41) is 10.6. The maximum absolute atomic E-state index is 10.6. The van der Waals surface area contributed by atoms with Crippen LogP contribution in [0.2, 0.25) is 0 Å². The number of aromatic hydroxyl groups is 1. The molecule has 119 valence electrons. The van der Waals surface area contributed by atoms with E-state index in [-0.39, 0.29) is 5.60 Å². The maximum atomic E-state index is 10.6. The minimum Gasteiger partial charge on any atom is -0.508 e. The first-order valence-corrected chi connectivity index (χ1v) is 8.62. The first-order valence-electron chi connectivity index (χ1n) is 8.62. The third kappa shape index (κ3) is 2.76. The molecule has 0 aromatic heterocycles. The Kier molecular flexibility index (Phi) is 4.20. The van der Waals surface area contributed by atoms with Crippen molar-refractivity contribution in [2.45, 2.75) is 70.8 Å². The summed E-state index contributed by atoms with van der Waals surface area (Å²) in [5.74, 6) is 2.05. The maximum Gasteiger partial charge on any atom is 0.127 e. The van der Waals surface area contributed by atoms with Gasteiger partial charge in [-0.05, 0) is 63.3 Å². The van der Waals surface area contributed by atoms with Crippen molar-refractivity contribution in [1.82, 2.24) is 0 Å². The van der Waals surface area contributed by atoms with Crippen molar-refractivity contribution in [2.24, 2.45) is 5.92 Å². The molecule has 3 rings (SSSR count). The average Bonchev–Trinajstić information content (AvgIpc) is 2.46. The molecule has 2 nitrogen and oxygen atoms in total. The third-order valence-corrected chi connectivity index (χ3v) is 5.23. The van der Waals surface area contributed by atoms with Gasteiger partial charge in [-0.15, -0.1) is 0 Å². The molecule has 0 amide bonds. The van der Waals surface area contributed by atoms with Crippen molar-refractivity contribution in [3.63, 3.8) is 0 Å². The van der Waals surface area contributed by atoms with Gasteiger partial charge < -0.3 is 9.84 Å². The zero-order valence-corrected chi connectivity index (χ0v) is 14.0. The van der Waals surface area contributed by atoms with Crippen LogP contribution in [0.5, 0.6) is 11.5 Å². The summed E-state index contributed by atoms with van der Waals surface area (Å²) in [6.45, 7) is 6.56. The molecule has 1 aliphatic carbocycles. The molecule has 0 saturated carbocycles. The lowest BCUT2D eigenvalue weighted by atomic mass is 9.68. The van der Waals surface area contributed by atoms with Gasteiger partial charge in [-0.25, -0.2) is 0 Å². The highest BCUT2D eigenvalue weighted by molar-refractivity contribution is 5.52. The molecule has 0 fully saturated rings. The van der Waals surface area contributed by atoms with Crippen molar-refractivity contribution in [3.05, 3.63) is 35.4 Å². The molecule has 1 radical (unpaired) electrons. The molecule has 2 unspecified atom stereocenters. The lowest BCUT2D eigenvalue weighted by Crippen LogP contribution is -2.45. The highest BCUT2D eigenvalue weighted by Crippen LogP contribution is 2.52. The second-order valence-electron chi connectivity index (χ2n) is 7.25. The third-order valence-electron chi connectivity index (χ3n) is 5.23. The highest BCUT2D eigenvalue weighted by Gasteiger charge is 2.44. The number of allylic oxidation sites excluding steroid dienone is 2. The fraction of sp³-hybridized carbons (Fsp3) is 0.600. The predicted octanol–water partition coefficient (Wildman–Crippen LogP) is 5.15. The Bertz CT molecular complexity index is 571. The molecule has 0 spiro atoms. The lowest BCUT2D eigenvalue weighted by Gasteiger charge is -2.46. The van der Waals surface area contributed by atoms with Crippen LogP contribution in [-0.2, 0) is 6.42 Å². The fourth-order valence-corrected chi connectivity index (χ4v) is 4.01. The number of rotatable bonds is 4. The summed E-state index contributed by atoms with van der Waals surface area (Å²) < 4.78 is 6.31. The van der Waals surface area contributed by atoms with Gasteiger partial charge in [0.15, 0.2) is 0 Å². The van der Waals surface area contributed by atoms with Crippen LogP contribution >= 0.6 is 0 Å². The minimum atomic E-state index is -0.190. The lowest BCUT2D eigenvalue weighted by molar-refractivity contribution is 0.00783. The van der Waals surface area contributed by atoms with Crippen molar-refractivity contribution in [1.29, 1.82) is 0 Å². The van der Waals surface area contributed by atoms with Crippen LogP contribution < -0.4 is 4.74 Å². The van der Waals surface area contributed by atoms with Gasteiger partial charge in [-0.3, -0.25) is 0 Å². The monoisotopic (exact) mass is 299 g/mol. The minimum absolute atomic E-state index is 0.190. The number of fused-ring (bicyclic) bond motifs is 3. The van der Waals surface area contributed by atoms with E-state index < -0.39 is 0 Å². The summed E-state index contributed by atoms with van der Waals surface area (Å²) in [6.07, 6.45) is 12.0. The van der Waals surface area contributed by atoms with Crippen molar-refractivity contribution >= 4 is 0 Å². The Morgan fingerprint density at radius 2 is 2.14 bits per heavy atom. The van der Waals surface area contributed by atoms with Gasteiger partial charge in [0.2, 0.25) is 0 Å². The average molecular weight is 299 g/mol. The quantitative estimate of drug-likeness (QED) is 0.779. The van der Waals surface area contributed by atoms with Crippen LogP contribution in [0.3, 0.4) is 0 Å². The Hall–Kier alpha value is -1.44. The molecule has 2 heteroatoms. The molecule has 1 aliphatic heterocycles. The molecule has 2 aliphatic rings. The number of aryl methyl sites for hydroxylation is 1. The van der Waals surface area contributed by atoms with Gasteiger partial charge in [-0.2, -0.15) is 0 Å². The van der Waals surface area contributed by atoms with E-state index in [0.29, 0.717) is 17.6 Å². The van der Waals surface area contributed by atoms with Gasteiger partial charge in [0.05, 0.1) is 0 Å². The molecular formula is C20H27O2. The molecule has 1 aromatic rings. The number of ether oxygens (including phenoxy) is 1. The van der Waals surface area contributed by atoms with E-state index in [4.69, 9.17) is 4.74 Å². The van der Waals surface area contributed by atoms with Crippen LogP contribution in [0.25, 0.3) is 0 Å². The predicted molar refractivity (Wildman–Crippen MR) is 89.3 cm³/mol. The van der Waals surface area contributed by atoms with E-state index >= 15 is 0 Å². The Labute approximate surface area is 134 Å². The van der Waals surface area contributed by atoms with E-state index in [1.807, 2.05) is 6.07 Å². The number of phenols is 1. The second kappa shape index (κ2) is 5.98. The molecule has 1 N–H and O–H groups in total. The standard InChI is InChI=1S/C20H27O2/c1-4-5-6-9-14-12-17(21)19-15-10-7-8-11-16(15)20(2,3)22-18(19)13-14/h8,12-13,15-16,21H,4-6,9-11H2,1-3H3. The van der Waals surface area contributed by atoms with Gasteiger partial charge in [-0.1, -0.05) is 25.8 Å². The van der Waals surface area contributed by atoms with Crippen molar-refractivity contribution in [2.75, 3.05) is 0 Å². The van der Waals surface area contributed by atoms with Crippen LogP contribution in [0.15, 0.2) is 18.2 Å². The first-order chi connectivity index (χ1) is 10.5. The molecular weight excluding hydrogens is 272 g/mol. The summed E-state index contributed by atoms with van der Waals surface area (Å²) >= 11 is 0. The van der Waals surface area contributed by atoms with Crippen LogP contribution in [0.4, 0.5) is 0 Å². The largest absolute Gasteiger partial charge is 0.508 e. The van der Waals surface area contributed by atoms with E-state index in [1.54, 1.807) is 0 Å².